The number of nitrogens with zero attached hydrogens (tertiary/aromatic N) is 1. The SMILES string of the molecule is CC1[C@H]2Cc3ccc(O)cc3[C@]1(C)CCN2C/C=C\Cl. The van der Waals surface area contributed by atoms with Gasteiger partial charge in [-0.1, -0.05) is 37.6 Å². The molecule has 1 saturated heterocycles. The summed E-state index contributed by atoms with van der Waals surface area (Å²) >= 11 is 5.68. The molecule has 1 aromatic rings. The first-order valence-corrected chi connectivity index (χ1v) is 7.81. The predicted octanol–water partition coefficient (Wildman–Crippen LogP) is 3.67. The quantitative estimate of drug-likeness (QED) is 0.899. The van der Waals surface area contributed by atoms with Crippen LogP contribution in [0.15, 0.2) is 29.8 Å². The minimum absolute atomic E-state index is 0.179. The van der Waals surface area contributed by atoms with Crippen molar-refractivity contribution in [1.82, 2.24) is 4.90 Å². The van der Waals surface area contributed by atoms with Crippen LogP contribution in [-0.4, -0.2) is 29.1 Å². The van der Waals surface area contributed by atoms with E-state index in [1.807, 2.05) is 18.2 Å². The van der Waals surface area contributed by atoms with Crippen molar-refractivity contribution in [3.05, 3.63) is 40.9 Å². The number of aromatic hydroxyl groups is 1. The van der Waals surface area contributed by atoms with E-state index < -0.39 is 0 Å². The van der Waals surface area contributed by atoms with Crippen LogP contribution in [0, 0.1) is 5.92 Å². The fourth-order valence-electron chi connectivity index (χ4n) is 4.10. The summed E-state index contributed by atoms with van der Waals surface area (Å²) in [7, 11) is 0. The molecule has 1 aromatic carbocycles. The zero-order valence-corrected chi connectivity index (χ0v) is 12.9. The summed E-state index contributed by atoms with van der Waals surface area (Å²) in [5.74, 6) is 0.984. The fourth-order valence-corrected chi connectivity index (χ4v) is 4.18. The van der Waals surface area contributed by atoms with E-state index >= 15 is 0 Å². The molecule has 1 N–H and O–H groups in total. The Morgan fingerprint density at radius 3 is 3.05 bits per heavy atom. The van der Waals surface area contributed by atoms with Crippen molar-refractivity contribution in [1.29, 1.82) is 0 Å². The molecule has 3 atom stereocenters. The molecule has 2 aliphatic rings. The molecule has 3 heteroatoms. The Kier molecular flexibility index (Phi) is 3.55. The number of halogens is 1. The molecule has 3 rings (SSSR count). The molecule has 20 heavy (non-hydrogen) atoms. The van der Waals surface area contributed by atoms with Gasteiger partial charge in [-0.15, -0.1) is 0 Å². The first-order valence-electron chi connectivity index (χ1n) is 7.38. The maximum atomic E-state index is 9.82. The zero-order chi connectivity index (χ0) is 14.3. The highest BCUT2D eigenvalue weighted by Gasteiger charge is 2.48. The third-order valence-corrected chi connectivity index (χ3v) is 5.71. The van der Waals surface area contributed by atoms with Crippen molar-refractivity contribution < 1.29 is 5.11 Å². The van der Waals surface area contributed by atoms with Crippen molar-refractivity contribution in [2.24, 2.45) is 5.92 Å². The van der Waals surface area contributed by atoms with Gasteiger partial charge in [-0.25, -0.2) is 0 Å². The molecule has 1 aliphatic carbocycles. The molecule has 0 amide bonds. The molecule has 1 fully saturated rings. The van der Waals surface area contributed by atoms with Crippen LogP contribution in [0.5, 0.6) is 5.75 Å². The van der Waals surface area contributed by atoms with Gasteiger partial charge in [-0.3, -0.25) is 4.90 Å². The molecule has 0 spiro atoms. The van der Waals surface area contributed by atoms with Crippen LogP contribution >= 0.6 is 11.6 Å². The van der Waals surface area contributed by atoms with E-state index in [2.05, 4.69) is 24.8 Å². The number of phenols is 1. The van der Waals surface area contributed by atoms with Crippen LogP contribution in [0.1, 0.15) is 31.4 Å². The topological polar surface area (TPSA) is 23.5 Å². The number of hydrogen-bond donors (Lipinski definition) is 1. The van der Waals surface area contributed by atoms with Crippen molar-refractivity contribution in [3.63, 3.8) is 0 Å². The van der Waals surface area contributed by atoms with Gasteiger partial charge in [0.15, 0.2) is 0 Å². The van der Waals surface area contributed by atoms with Crippen LogP contribution in [-0.2, 0) is 11.8 Å². The number of benzene rings is 1. The van der Waals surface area contributed by atoms with Crippen molar-refractivity contribution in [2.45, 2.75) is 38.1 Å². The molecule has 1 unspecified atom stereocenters. The van der Waals surface area contributed by atoms with Crippen LogP contribution in [0.4, 0.5) is 0 Å². The zero-order valence-electron chi connectivity index (χ0n) is 12.1. The molecule has 0 radical (unpaired) electrons. The number of likely N-dealkylation sites (tertiary alicyclic amines) is 1. The highest BCUT2D eigenvalue weighted by molar-refractivity contribution is 6.25. The van der Waals surface area contributed by atoms with Crippen LogP contribution < -0.4 is 0 Å². The highest BCUT2D eigenvalue weighted by Crippen LogP contribution is 2.49. The van der Waals surface area contributed by atoms with Gasteiger partial charge >= 0.3 is 0 Å². The average Bonchev–Trinajstić information content (AvgIpc) is 2.43. The lowest BCUT2D eigenvalue weighted by Crippen LogP contribution is -2.57. The normalized spacial score (nSPS) is 33.4. The van der Waals surface area contributed by atoms with E-state index in [1.54, 1.807) is 5.54 Å². The second-order valence-electron chi connectivity index (χ2n) is 6.43. The van der Waals surface area contributed by atoms with E-state index in [0.717, 1.165) is 25.9 Å². The Balaban J connectivity index is 1.99. The summed E-state index contributed by atoms with van der Waals surface area (Å²) in [4.78, 5) is 2.54. The number of piperidine rings is 1. The van der Waals surface area contributed by atoms with Crippen LogP contribution in [0.3, 0.4) is 0 Å². The Bertz CT molecular complexity index is 542. The molecule has 1 aliphatic heterocycles. The van der Waals surface area contributed by atoms with Gasteiger partial charge in [0, 0.05) is 18.1 Å². The van der Waals surface area contributed by atoms with Crippen molar-refractivity contribution >= 4 is 11.6 Å². The molecule has 0 saturated carbocycles. The monoisotopic (exact) mass is 291 g/mol. The molecule has 1 heterocycles. The van der Waals surface area contributed by atoms with E-state index in [1.165, 1.54) is 11.1 Å². The van der Waals surface area contributed by atoms with Crippen LogP contribution in [0.2, 0.25) is 0 Å². The summed E-state index contributed by atoms with van der Waals surface area (Å²) in [6, 6.07) is 6.47. The summed E-state index contributed by atoms with van der Waals surface area (Å²) in [5.41, 5.74) is 4.55. The number of rotatable bonds is 2. The Labute approximate surface area is 126 Å². The Morgan fingerprint density at radius 1 is 1.50 bits per heavy atom. The maximum Gasteiger partial charge on any atom is 0.115 e. The molecule has 108 valence electrons. The van der Waals surface area contributed by atoms with Gasteiger partial charge in [0.2, 0.25) is 0 Å². The minimum atomic E-state index is 0.179. The fraction of sp³-hybridized carbons (Fsp3) is 0.529. The first-order chi connectivity index (χ1) is 9.56. The molecule has 0 aromatic heterocycles. The van der Waals surface area contributed by atoms with Gasteiger partial charge in [0.25, 0.3) is 0 Å². The Morgan fingerprint density at radius 2 is 2.30 bits per heavy atom. The lowest BCUT2D eigenvalue weighted by Gasteiger charge is -2.54. The molecule has 2 bridgehead atoms. The number of hydrogen-bond acceptors (Lipinski definition) is 2. The smallest absolute Gasteiger partial charge is 0.115 e. The lowest BCUT2D eigenvalue weighted by atomic mass is 9.59. The summed E-state index contributed by atoms with van der Waals surface area (Å²) in [6.45, 7) is 6.74. The average molecular weight is 292 g/mol. The minimum Gasteiger partial charge on any atom is -0.508 e. The van der Waals surface area contributed by atoms with Gasteiger partial charge in [0.05, 0.1) is 0 Å². The van der Waals surface area contributed by atoms with Crippen LogP contribution in [0.25, 0.3) is 0 Å². The van der Waals surface area contributed by atoms with Crippen molar-refractivity contribution in [3.8, 4) is 5.75 Å². The second-order valence-corrected chi connectivity index (χ2v) is 6.68. The van der Waals surface area contributed by atoms with Gasteiger partial charge in [-0.05, 0) is 54.0 Å². The number of phenolic OH excluding ortho intramolecular Hbond substituents is 1. The van der Waals surface area contributed by atoms with Gasteiger partial charge < -0.3 is 5.11 Å². The molecular formula is C17H22ClNO. The standard InChI is InChI=1S/C17H22ClNO/c1-12-16-10-13-4-5-14(20)11-15(13)17(12,2)6-9-19(16)8-3-7-18/h3-5,7,11-12,16,20H,6,8-10H2,1-2H3/b7-3-/t12?,16-,17-/m1/s1. The van der Waals surface area contributed by atoms with Crippen molar-refractivity contribution in [2.75, 3.05) is 13.1 Å². The third kappa shape index (κ3) is 2.06. The largest absolute Gasteiger partial charge is 0.508 e. The predicted molar refractivity (Wildman–Crippen MR) is 83.3 cm³/mol. The van der Waals surface area contributed by atoms with Gasteiger partial charge in [-0.2, -0.15) is 0 Å². The van der Waals surface area contributed by atoms with E-state index in [-0.39, 0.29) is 5.41 Å². The molecular weight excluding hydrogens is 270 g/mol. The summed E-state index contributed by atoms with van der Waals surface area (Å²) < 4.78 is 0. The third-order valence-electron chi connectivity index (χ3n) is 5.54. The van der Waals surface area contributed by atoms with E-state index in [0.29, 0.717) is 17.7 Å². The first kappa shape index (κ1) is 14.0. The highest BCUT2D eigenvalue weighted by atomic mass is 35.5. The van der Waals surface area contributed by atoms with Gasteiger partial charge in [0.1, 0.15) is 5.75 Å². The summed E-state index contributed by atoms with van der Waals surface area (Å²) in [5, 5.41) is 9.82. The summed E-state index contributed by atoms with van der Waals surface area (Å²) in [6.07, 6.45) is 4.24. The molecule has 2 nitrogen and oxygen atoms in total. The number of fused-ring (bicyclic) bond motifs is 4. The van der Waals surface area contributed by atoms with E-state index in [4.69, 9.17) is 11.6 Å². The lowest BCUT2D eigenvalue weighted by molar-refractivity contribution is 0.0398. The Hall–Kier alpha value is -0.990. The maximum absolute atomic E-state index is 9.82. The van der Waals surface area contributed by atoms with E-state index in [9.17, 15) is 5.11 Å². The second kappa shape index (κ2) is 5.09.